The number of carbonyl (C=O) groups excluding carboxylic acids is 1. The van der Waals surface area contributed by atoms with Gasteiger partial charge < -0.3 is 5.32 Å². The molecule has 0 aromatic rings. The minimum Gasteiger partial charge on any atom is -0.309 e. The van der Waals surface area contributed by atoms with Gasteiger partial charge in [-0.2, -0.15) is 5.10 Å². The number of nitrogens with zero attached hydrogens (tertiary/aromatic N) is 1. The summed E-state index contributed by atoms with van der Waals surface area (Å²) in [6.45, 7) is 2.98. The van der Waals surface area contributed by atoms with Crippen LogP contribution in [0.15, 0.2) is 5.10 Å². The Morgan fingerprint density at radius 3 is 2.70 bits per heavy atom. The predicted octanol–water partition coefficient (Wildman–Crippen LogP) is 2.64. The van der Waals surface area contributed by atoms with Crippen LogP contribution in [0.1, 0.15) is 45.4 Å². The first-order chi connectivity index (χ1) is 9.58. The first kappa shape index (κ1) is 16.1. The van der Waals surface area contributed by atoms with Gasteiger partial charge in [-0.05, 0) is 45.6 Å². The molecular weight excluding hydrogens is 297 g/mol. The van der Waals surface area contributed by atoms with E-state index in [0.717, 1.165) is 31.5 Å². The zero-order valence-electron chi connectivity index (χ0n) is 11.9. The monoisotopic (exact) mass is 319 g/mol. The number of hydrogen-bond acceptors (Lipinski definition) is 3. The summed E-state index contributed by atoms with van der Waals surface area (Å²) in [5.41, 5.74) is 3.62. The van der Waals surface area contributed by atoms with Crippen LogP contribution < -0.4 is 10.7 Å². The Hall–Kier alpha value is -0.320. The lowest BCUT2D eigenvalue weighted by molar-refractivity contribution is -0.125. The number of rotatable bonds is 3. The molecule has 2 rings (SSSR count). The standard InChI is InChI=1S/C14H23Cl2N3O/c1-9(13-4-2-3-7-17-13)18-19-14(20)11-6-5-10(15)8-12(11)16/h10-13,17H,2-8H2,1H3,(H,19,20)/b18-9+. The number of halogens is 2. The van der Waals surface area contributed by atoms with Crippen LogP contribution in [-0.4, -0.2) is 35.0 Å². The molecule has 2 aliphatic rings. The van der Waals surface area contributed by atoms with Crippen LogP contribution in [0.2, 0.25) is 0 Å². The molecule has 4 atom stereocenters. The Morgan fingerprint density at radius 1 is 1.25 bits per heavy atom. The summed E-state index contributed by atoms with van der Waals surface area (Å²) in [7, 11) is 0. The van der Waals surface area contributed by atoms with Gasteiger partial charge in [-0.15, -0.1) is 23.2 Å². The number of alkyl halides is 2. The molecule has 1 heterocycles. The van der Waals surface area contributed by atoms with Gasteiger partial charge in [0.1, 0.15) is 0 Å². The van der Waals surface area contributed by atoms with E-state index < -0.39 is 0 Å². The molecule has 4 nitrogen and oxygen atoms in total. The van der Waals surface area contributed by atoms with Crippen LogP contribution >= 0.6 is 23.2 Å². The fraction of sp³-hybridized carbons (Fsp3) is 0.857. The molecule has 1 saturated carbocycles. The average molecular weight is 320 g/mol. The molecule has 0 radical (unpaired) electrons. The number of hydrogen-bond donors (Lipinski definition) is 2. The first-order valence-electron chi connectivity index (χ1n) is 7.43. The molecule has 0 spiro atoms. The van der Waals surface area contributed by atoms with E-state index in [9.17, 15) is 4.79 Å². The fourth-order valence-corrected chi connectivity index (χ4v) is 3.74. The molecule has 1 aliphatic carbocycles. The lowest BCUT2D eigenvalue weighted by Gasteiger charge is -2.28. The number of piperidine rings is 1. The largest absolute Gasteiger partial charge is 0.309 e. The second-order valence-corrected chi connectivity index (χ2v) is 6.94. The van der Waals surface area contributed by atoms with Crippen molar-refractivity contribution in [1.29, 1.82) is 0 Å². The molecule has 0 aromatic heterocycles. The van der Waals surface area contributed by atoms with Crippen molar-refractivity contribution in [2.24, 2.45) is 11.0 Å². The van der Waals surface area contributed by atoms with Crippen molar-refractivity contribution in [2.75, 3.05) is 6.54 Å². The van der Waals surface area contributed by atoms with Crippen LogP contribution in [-0.2, 0) is 4.79 Å². The maximum atomic E-state index is 12.1. The minimum atomic E-state index is -0.186. The Labute approximate surface area is 130 Å². The van der Waals surface area contributed by atoms with E-state index >= 15 is 0 Å². The summed E-state index contributed by atoms with van der Waals surface area (Å²) in [4.78, 5) is 12.1. The van der Waals surface area contributed by atoms with Crippen molar-refractivity contribution in [3.8, 4) is 0 Å². The lowest BCUT2D eigenvalue weighted by atomic mass is 9.88. The van der Waals surface area contributed by atoms with E-state index in [2.05, 4.69) is 15.8 Å². The second kappa shape index (κ2) is 7.62. The van der Waals surface area contributed by atoms with Crippen molar-refractivity contribution in [2.45, 2.75) is 62.2 Å². The molecule has 4 unspecified atom stereocenters. The third kappa shape index (κ3) is 4.34. The van der Waals surface area contributed by atoms with Gasteiger partial charge in [-0.3, -0.25) is 4.79 Å². The Morgan fingerprint density at radius 2 is 2.05 bits per heavy atom. The van der Waals surface area contributed by atoms with E-state index in [1.165, 1.54) is 12.8 Å². The highest BCUT2D eigenvalue weighted by atomic mass is 35.5. The van der Waals surface area contributed by atoms with Crippen LogP contribution in [0.3, 0.4) is 0 Å². The van der Waals surface area contributed by atoms with Gasteiger partial charge in [0.15, 0.2) is 0 Å². The van der Waals surface area contributed by atoms with Crippen molar-refractivity contribution in [3.63, 3.8) is 0 Å². The topological polar surface area (TPSA) is 53.5 Å². The van der Waals surface area contributed by atoms with Crippen LogP contribution in [0, 0.1) is 5.92 Å². The summed E-state index contributed by atoms with van der Waals surface area (Å²) < 4.78 is 0. The maximum Gasteiger partial charge on any atom is 0.244 e. The van der Waals surface area contributed by atoms with E-state index in [4.69, 9.17) is 23.2 Å². The van der Waals surface area contributed by atoms with Crippen molar-refractivity contribution >= 4 is 34.8 Å². The quantitative estimate of drug-likeness (QED) is 0.477. The molecular formula is C14H23Cl2N3O. The lowest BCUT2D eigenvalue weighted by Crippen LogP contribution is -2.42. The highest BCUT2D eigenvalue weighted by molar-refractivity contribution is 6.24. The minimum absolute atomic E-state index is 0.0799. The Balaban J connectivity index is 1.84. The van der Waals surface area contributed by atoms with Gasteiger partial charge in [0, 0.05) is 16.8 Å². The molecule has 114 valence electrons. The average Bonchev–Trinajstić information content (AvgIpc) is 2.45. The number of hydrazone groups is 1. The summed E-state index contributed by atoms with van der Waals surface area (Å²) in [6.07, 6.45) is 5.78. The number of nitrogens with one attached hydrogen (secondary N) is 2. The van der Waals surface area contributed by atoms with Crippen LogP contribution in [0.5, 0.6) is 0 Å². The fourth-order valence-electron chi connectivity index (χ4n) is 2.88. The summed E-state index contributed by atoms with van der Waals surface area (Å²) in [5, 5.41) is 7.56. The van der Waals surface area contributed by atoms with Gasteiger partial charge >= 0.3 is 0 Å². The van der Waals surface area contributed by atoms with Crippen molar-refractivity contribution in [3.05, 3.63) is 0 Å². The molecule has 20 heavy (non-hydrogen) atoms. The summed E-state index contributed by atoms with van der Waals surface area (Å²) in [5.74, 6) is -0.258. The van der Waals surface area contributed by atoms with E-state index in [0.29, 0.717) is 6.42 Å². The van der Waals surface area contributed by atoms with E-state index in [1.54, 1.807) is 0 Å². The number of carbonyl (C=O) groups is 1. The highest BCUT2D eigenvalue weighted by Crippen LogP contribution is 2.31. The van der Waals surface area contributed by atoms with Gasteiger partial charge in [0.2, 0.25) is 5.91 Å². The van der Waals surface area contributed by atoms with E-state index in [-0.39, 0.29) is 28.6 Å². The van der Waals surface area contributed by atoms with Crippen molar-refractivity contribution in [1.82, 2.24) is 10.7 Å². The molecule has 1 amide bonds. The summed E-state index contributed by atoms with van der Waals surface area (Å²) >= 11 is 12.3. The normalized spacial score (nSPS) is 35.6. The van der Waals surface area contributed by atoms with Gasteiger partial charge in [0.05, 0.1) is 11.6 Å². The van der Waals surface area contributed by atoms with Crippen LogP contribution in [0.4, 0.5) is 0 Å². The van der Waals surface area contributed by atoms with E-state index in [1.807, 2.05) is 6.92 Å². The Bertz CT molecular complexity index is 369. The summed E-state index contributed by atoms with van der Waals surface area (Å²) in [6, 6.07) is 0.287. The maximum absolute atomic E-state index is 12.1. The van der Waals surface area contributed by atoms with Crippen LogP contribution in [0.25, 0.3) is 0 Å². The Kier molecular flexibility index (Phi) is 6.12. The molecule has 1 aliphatic heterocycles. The third-order valence-electron chi connectivity index (χ3n) is 4.20. The van der Waals surface area contributed by atoms with Gasteiger partial charge in [-0.1, -0.05) is 6.42 Å². The zero-order chi connectivity index (χ0) is 14.5. The number of amides is 1. The highest BCUT2D eigenvalue weighted by Gasteiger charge is 2.33. The SMILES string of the molecule is C/C(=N\NC(=O)C1CCC(Cl)CC1Cl)C1CCCCN1. The zero-order valence-corrected chi connectivity index (χ0v) is 13.4. The predicted molar refractivity (Wildman–Crippen MR) is 83.5 cm³/mol. The van der Waals surface area contributed by atoms with Crippen molar-refractivity contribution < 1.29 is 4.79 Å². The molecule has 1 saturated heterocycles. The third-order valence-corrected chi connectivity index (χ3v) is 5.08. The molecule has 2 fully saturated rings. The molecule has 6 heteroatoms. The van der Waals surface area contributed by atoms with Gasteiger partial charge in [-0.25, -0.2) is 5.43 Å². The molecule has 2 N–H and O–H groups in total. The molecule has 0 aromatic carbocycles. The second-order valence-electron chi connectivity index (χ2n) is 5.76. The smallest absolute Gasteiger partial charge is 0.244 e. The first-order valence-corrected chi connectivity index (χ1v) is 8.30. The van der Waals surface area contributed by atoms with Gasteiger partial charge in [0.25, 0.3) is 0 Å². The molecule has 0 bridgehead atoms.